The van der Waals surface area contributed by atoms with Crippen molar-refractivity contribution in [2.75, 3.05) is 6.61 Å². The van der Waals surface area contributed by atoms with E-state index in [1.54, 1.807) is 0 Å². The molecule has 0 bridgehead atoms. The van der Waals surface area contributed by atoms with E-state index in [9.17, 15) is 0 Å². The highest BCUT2D eigenvalue weighted by atomic mass is 16.5. The molecule has 1 aromatic rings. The van der Waals surface area contributed by atoms with Gasteiger partial charge >= 0.3 is 0 Å². The fourth-order valence-corrected chi connectivity index (χ4v) is 1.94. The largest absolute Gasteiger partial charge is 0.494 e. The molecule has 1 rings (SSSR count). The maximum absolute atomic E-state index is 5.71. The van der Waals surface area contributed by atoms with E-state index in [2.05, 4.69) is 58.0 Å². The summed E-state index contributed by atoms with van der Waals surface area (Å²) in [5, 5.41) is 0. The van der Waals surface area contributed by atoms with Gasteiger partial charge in [-0.2, -0.15) is 0 Å². The topological polar surface area (TPSA) is 9.23 Å². The average Bonchev–Trinajstić information content (AvgIpc) is 2.30. The van der Waals surface area contributed by atoms with Crippen LogP contribution in [-0.4, -0.2) is 6.61 Å². The van der Waals surface area contributed by atoms with Gasteiger partial charge in [0.25, 0.3) is 0 Å². The van der Waals surface area contributed by atoms with Gasteiger partial charge in [-0.15, -0.1) is 0 Å². The Hall–Kier alpha value is -1.24. The van der Waals surface area contributed by atoms with Crippen LogP contribution >= 0.6 is 0 Å². The third kappa shape index (κ3) is 4.21. The average molecular weight is 246 g/mol. The zero-order valence-corrected chi connectivity index (χ0v) is 12.4. The van der Waals surface area contributed by atoms with Crippen molar-refractivity contribution in [3.8, 4) is 5.75 Å². The Labute approximate surface area is 112 Å². The van der Waals surface area contributed by atoms with Crippen molar-refractivity contribution in [3.05, 3.63) is 41.5 Å². The first kappa shape index (κ1) is 14.8. The molecule has 0 saturated carbocycles. The van der Waals surface area contributed by atoms with Crippen molar-refractivity contribution in [2.45, 2.75) is 52.9 Å². The number of ether oxygens (including phenoxy) is 1. The molecule has 0 fully saturated rings. The zero-order valence-electron chi connectivity index (χ0n) is 12.4. The van der Waals surface area contributed by atoms with Crippen molar-refractivity contribution >= 4 is 0 Å². The predicted octanol–water partition coefficient (Wildman–Crippen LogP) is 4.89. The van der Waals surface area contributed by atoms with Crippen molar-refractivity contribution in [2.24, 2.45) is 0 Å². The van der Waals surface area contributed by atoms with Crippen LogP contribution in [0.15, 0.2) is 30.4 Å². The van der Waals surface area contributed by atoms with Gasteiger partial charge in [0, 0.05) is 0 Å². The molecular weight excluding hydrogens is 220 g/mol. The fourth-order valence-electron chi connectivity index (χ4n) is 1.94. The number of benzene rings is 1. The van der Waals surface area contributed by atoms with E-state index in [0.717, 1.165) is 25.2 Å². The summed E-state index contributed by atoms with van der Waals surface area (Å²) in [5.74, 6) is 1.04. The molecule has 0 unspecified atom stereocenters. The van der Waals surface area contributed by atoms with Crippen LogP contribution in [0, 0.1) is 0 Å². The van der Waals surface area contributed by atoms with Gasteiger partial charge in [-0.1, -0.05) is 45.1 Å². The molecule has 0 aliphatic heterocycles. The molecule has 0 aromatic heterocycles. The molecule has 0 radical (unpaired) electrons. The molecule has 0 aliphatic rings. The van der Waals surface area contributed by atoms with Gasteiger partial charge in [-0.3, -0.25) is 0 Å². The summed E-state index contributed by atoms with van der Waals surface area (Å²) in [5.41, 5.74) is 2.89. The number of rotatable bonds is 5. The molecule has 1 nitrogen and oxygen atoms in total. The summed E-state index contributed by atoms with van der Waals surface area (Å²) >= 11 is 0. The molecule has 18 heavy (non-hydrogen) atoms. The maximum Gasteiger partial charge on any atom is 0.122 e. The van der Waals surface area contributed by atoms with Crippen molar-refractivity contribution in [1.29, 1.82) is 0 Å². The summed E-state index contributed by atoms with van der Waals surface area (Å²) in [6.07, 6.45) is 6.43. The van der Waals surface area contributed by atoms with E-state index in [-0.39, 0.29) is 5.41 Å². The number of allylic oxidation sites excluding steroid dienone is 2. The minimum Gasteiger partial charge on any atom is -0.494 e. The zero-order chi connectivity index (χ0) is 13.6. The SMILES string of the molecule is C/C=C\CCc1cc(C(C)(C)C)ccc1OCC. The minimum absolute atomic E-state index is 0.195. The Kier molecular flexibility index (Phi) is 5.46. The van der Waals surface area contributed by atoms with Crippen LogP contribution < -0.4 is 4.74 Å². The van der Waals surface area contributed by atoms with Crippen LogP contribution in [0.1, 0.15) is 52.2 Å². The molecule has 0 atom stereocenters. The van der Waals surface area contributed by atoms with Crippen LogP contribution in [0.2, 0.25) is 0 Å². The summed E-state index contributed by atoms with van der Waals surface area (Å²) in [7, 11) is 0. The molecule has 100 valence electrons. The highest BCUT2D eigenvalue weighted by molar-refractivity contribution is 5.40. The summed E-state index contributed by atoms with van der Waals surface area (Å²) in [6.45, 7) is 11.6. The standard InChI is InChI=1S/C17H26O/c1-6-8-9-10-14-13-15(17(3,4)5)11-12-16(14)18-7-2/h6,8,11-13H,7,9-10H2,1-5H3/b8-6-. The highest BCUT2D eigenvalue weighted by Gasteiger charge is 2.15. The minimum atomic E-state index is 0.195. The van der Waals surface area contributed by atoms with Crippen molar-refractivity contribution < 1.29 is 4.74 Å². The first-order valence-corrected chi connectivity index (χ1v) is 6.86. The van der Waals surface area contributed by atoms with Crippen molar-refractivity contribution in [3.63, 3.8) is 0 Å². The number of hydrogen-bond acceptors (Lipinski definition) is 1. The van der Waals surface area contributed by atoms with Gasteiger partial charge in [-0.25, -0.2) is 0 Å². The fraction of sp³-hybridized carbons (Fsp3) is 0.529. The van der Waals surface area contributed by atoms with Gasteiger partial charge < -0.3 is 4.74 Å². The molecule has 0 amide bonds. The number of hydrogen-bond donors (Lipinski definition) is 0. The van der Waals surface area contributed by atoms with Gasteiger partial charge in [0.1, 0.15) is 5.75 Å². The van der Waals surface area contributed by atoms with Crippen LogP contribution in [0.3, 0.4) is 0 Å². The molecule has 0 spiro atoms. The molecule has 0 aliphatic carbocycles. The highest BCUT2D eigenvalue weighted by Crippen LogP contribution is 2.28. The summed E-state index contributed by atoms with van der Waals surface area (Å²) in [4.78, 5) is 0. The van der Waals surface area contributed by atoms with Crippen molar-refractivity contribution in [1.82, 2.24) is 0 Å². The summed E-state index contributed by atoms with van der Waals surface area (Å²) in [6, 6.07) is 6.60. The van der Waals surface area contributed by atoms with Gasteiger partial charge in [0.05, 0.1) is 6.61 Å². The van der Waals surface area contributed by atoms with E-state index >= 15 is 0 Å². The van der Waals surface area contributed by atoms with Crippen LogP contribution in [0.25, 0.3) is 0 Å². The Morgan fingerprint density at radius 3 is 2.50 bits per heavy atom. The first-order chi connectivity index (χ1) is 8.49. The Morgan fingerprint density at radius 2 is 1.94 bits per heavy atom. The Balaban J connectivity index is 2.99. The van der Waals surface area contributed by atoms with Gasteiger partial charge in [-0.05, 0) is 49.3 Å². The second kappa shape index (κ2) is 6.63. The molecule has 0 heterocycles. The quantitative estimate of drug-likeness (QED) is 0.672. The molecular formula is C17H26O. The lowest BCUT2D eigenvalue weighted by Crippen LogP contribution is -2.12. The Morgan fingerprint density at radius 1 is 1.22 bits per heavy atom. The normalized spacial score (nSPS) is 12.1. The Bertz CT molecular complexity index is 397. The number of aryl methyl sites for hydroxylation is 1. The van der Waals surface area contributed by atoms with E-state index in [0.29, 0.717) is 0 Å². The molecule has 0 N–H and O–H groups in total. The molecule has 0 saturated heterocycles. The van der Waals surface area contributed by atoms with E-state index in [1.807, 2.05) is 6.92 Å². The third-order valence-electron chi connectivity index (χ3n) is 3.04. The molecule has 1 heteroatoms. The summed E-state index contributed by atoms with van der Waals surface area (Å²) < 4.78 is 5.71. The van der Waals surface area contributed by atoms with E-state index in [1.165, 1.54) is 11.1 Å². The predicted molar refractivity (Wildman–Crippen MR) is 79.4 cm³/mol. The lowest BCUT2D eigenvalue weighted by molar-refractivity contribution is 0.336. The molecule has 1 aromatic carbocycles. The first-order valence-electron chi connectivity index (χ1n) is 6.86. The lowest BCUT2D eigenvalue weighted by Gasteiger charge is -2.21. The van der Waals surface area contributed by atoms with E-state index < -0.39 is 0 Å². The van der Waals surface area contributed by atoms with Gasteiger partial charge in [0.15, 0.2) is 0 Å². The smallest absolute Gasteiger partial charge is 0.122 e. The lowest BCUT2D eigenvalue weighted by atomic mass is 9.85. The monoisotopic (exact) mass is 246 g/mol. The van der Waals surface area contributed by atoms with E-state index in [4.69, 9.17) is 4.74 Å². The second-order valence-corrected chi connectivity index (χ2v) is 5.61. The van der Waals surface area contributed by atoms with Crippen LogP contribution in [0.4, 0.5) is 0 Å². The third-order valence-corrected chi connectivity index (χ3v) is 3.04. The maximum atomic E-state index is 5.71. The second-order valence-electron chi connectivity index (χ2n) is 5.61. The van der Waals surface area contributed by atoms with Gasteiger partial charge in [0.2, 0.25) is 0 Å². The van der Waals surface area contributed by atoms with Crippen LogP contribution in [0.5, 0.6) is 5.75 Å². The van der Waals surface area contributed by atoms with Crippen LogP contribution in [-0.2, 0) is 11.8 Å².